The Labute approximate surface area is 266 Å². The molecule has 3 aromatic rings. The number of carbonyl (C=O) groups is 5. The van der Waals surface area contributed by atoms with Crippen molar-refractivity contribution in [2.75, 3.05) is 39.3 Å². The molecule has 0 heterocycles. The lowest BCUT2D eigenvalue weighted by Crippen LogP contribution is -2.52. The second-order valence-corrected chi connectivity index (χ2v) is 9.58. The molecule has 0 unspecified atom stereocenters. The van der Waals surface area contributed by atoms with Crippen LogP contribution in [0, 0.1) is 0 Å². The van der Waals surface area contributed by atoms with E-state index in [9.17, 15) is 24.0 Å². The fourth-order valence-electron chi connectivity index (χ4n) is 3.75. The van der Waals surface area contributed by atoms with Gasteiger partial charge >= 0.3 is 30.3 Å². The average Bonchev–Trinajstić information content (AvgIpc) is 3.09. The molecule has 0 saturated carbocycles. The Bertz CT molecular complexity index is 1300. The van der Waals surface area contributed by atoms with Gasteiger partial charge in [0.2, 0.25) is 0 Å². The molecular formula is C32H38N6O8. The Kier molecular flexibility index (Phi) is 15.3. The Balaban J connectivity index is 1.40. The molecule has 3 rings (SSSR count). The number of nitrogens with zero attached hydrogens (tertiary/aromatic N) is 1. The Morgan fingerprint density at radius 3 is 1.09 bits per heavy atom. The maximum absolute atomic E-state index is 12.9. The first-order valence-electron chi connectivity index (χ1n) is 14.6. The van der Waals surface area contributed by atoms with Crippen LogP contribution in [0.15, 0.2) is 91.0 Å². The van der Waals surface area contributed by atoms with Crippen LogP contribution in [0.1, 0.15) is 16.7 Å². The predicted octanol–water partition coefficient (Wildman–Crippen LogP) is 3.49. The molecule has 244 valence electrons. The number of hydrogen-bond donors (Lipinski definition) is 5. The number of urea groups is 2. The number of nitrogens with one attached hydrogen (secondary N) is 5. The zero-order valence-electron chi connectivity index (χ0n) is 25.2. The van der Waals surface area contributed by atoms with Crippen molar-refractivity contribution in [3.05, 3.63) is 108 Å². The molecule has 0 aromatic heterocycles. The molecular weight excluding hydrogens is 596 g/mol. The average molecular weight is 635 g/mol. The van der Waals surface area contributed by atoms with Gasteiger partial charge < -0.3 is 40.8 Å². The highest BCUT2D eigenvalue weighted by atomic mass is 16.6. The van der Waals surface area contributed by atoms with E-state index in [1.165, 1.54) is 0 Å². The van der Waals surface area contributed by atoms with Crippen molar-refractivity contribution < 1.29 is 38.2 Å². The molecule has 46 heavy (non-hydrogen) atoms. The van der Waals surface area contributed by atoms with E-state index in [4.69, 9.17) is 14.2 Å². The van der Waals surface area contributed by atoms with Crippen molar-refractivity contribution in [2.24, 2.45) is 0 Å². The molecule has 0 aliphatic carbocycles. The second-order valence-electron chi connectivity index (χ2n) is 9.58. The number of rotatable bonds is 15. The molecule has 0 aliphatic rings. The van der Waals surface area contributed by atoms with Gasteiger partial charge in [0.05, 0.1) is 0 Å². The summed E-state index contributed by atoms with van der Waals surface area (Å²) in [4.78, 5) is 62.6. The van der Waals surface area contributed by atoms with Crippen molar-refractivity contribution >= 4 is 30.3 Å². The maximum Gasteiger partial charge on any atom is 0.407 e. The third-order valence-electron chi connectivity index (χ3n) is 6.07. The van der Waals surface area contributed by atoms with Crippen LogP contribution in [0.3, 0.4) is 0 Å². The summed E-state index contributed by atoms with van der Waals surface area (Å²) in [6.45, 7) is -0.00391. The molecule has 0 fully saturated rings. The van der Waals surface area contributed by atoms with Crippen molar-refractivity contribution in [2.45, 2.75) is 19.8 Å². The highest BCUT2D eigenvalue weighted by Crippen LogP contribution is 2.02. The highest BCUT2D eigenvalue weighted by molar-refractivity contribution is 5.93. The molecule has 0 atom stereocenters. The van der Waals surface area contributed by atoms with Crippen LogP contribution >= 0.6 is 0 Å². The lowest BCUT2D eigenvalue weighted by atomic mass is 10.2. The van der Waals surface area contributed by atoms with Gasteiger partial charge in [-0.05, 0) is 16.7 Å². The third-order valence-corrected chi connectivity index (χ3v) is 6.07. The molecule has 0 aliphatic heterocycles. The van der Waals surface area contributed by atoms with E-state index in [2.05, 4.69) is 26.6 Å². The van der Waals surface area contributed by atoms with Crippen molar-refractivity contribution in [1.82, 2.24) is 31.5 Å². The maximum atomic E-state index is 12.9. The number of alkyl carbamates (subject to hydrolysis) is 3. The van der Waals surface area contributed by atoms with Crippen molar-refractivity contribution in [1.29, 1.82) is 0 Å². The van der Waals surface area contributed by atoms with Crippen LogP contribution in [0.25, 0.3) is 0 Å². The van der Waals surface area contributed by atoms with Gasteiger partial charge in [-0.15, -0.1) is 0 Å². The number of benzene rings is 3. The zero-order valence-corrected chi connectivity index (χ0v) is 25.2. The summed E-state index contributed by atoms with van der Waals surface area (Å²) >= 11 is 0. The normalized spacial score (nSPS) is 10.1. The van der Waals surface area contributed by atoms with E-state index in [0.717, 1.165) is 21.6 Å². The number of amides is 7. The van der Waals surface area contributed by atoms with E-state index < -0.39 is 30.3 Å². The quantitative estimate of drug-likeness (QED) is 0.125. The molecule has 14 nitrogen and oxygen atoms in total. The lowest BCUT2D eigenvalue weighted by Gasteiger charge is -2.22. The first-order valence-corrected chi connectivity index (χ1v) is 14.6. The summed E-state index contributed by atoms with van der Waals surface area (Å²) in [5, 5.41) is 12.6. The number of imide groups is 1. The van der Waals surface area contributed by atoms with E-state index in [-0.39, 0.29) is 59.1 Å². The third kappa shape index (κ3) is 14.1. The molecule has 7 amide bonds. The summed E-state index contributed by atoms with van der Waals surface area (Å²) in [6.07, 6.45) is -2.05. The smallest absolute Gasteiger partial charge is 0.407 e. The van der Waals surface area contributed by atoms with E-state index in [0.29, 0.717) is 0 Å². The largest absolute Gasteiger partial charge is 0.445 e. The zero-order chi connectivity index (χ0) is 32.8. The van der Waals surface area contributed by atoms with Gasteiger partial charge in [-0.25, -0.2) is 28.9 Å². The first-order chi connectivity index (χ1) is 22.4. The van der Waals surface area contributed by atoms with Crippen molar-refractivity contribution in [3.63, 3.8) is 0 Å². The number of hydrogen-bond acceptors (Lipinski definition) is 8. The van der Waals surface area contributed by atoms with Gasteiger partial charge in [0, 0.05) is 39.3 Å². The fourth-order valence-corrected chi connectivity index (χ4v) is 3.75. The SMILES string of the molecule is O=C(NCCNC(=O)N(CCNC(=O)OCc1ccccc1)C(=O)NCCNC(=O)OCc1ccccc1)OCc1ccccc1. The van der Waals surface area contributed by atoms with Crippen LogP contribution in [-0.4, -0.2) is 74.5 Å². The van der Waals surface area contributed by atoms with Crippen molar-refractivity contribution in [3.8, 4) is 0 Å². The summed E-state index contributed by atoms with van der Waals surface area (Å²) in [5.74, 6) is 0. The monoisotopic (exact) mass is 634 g/mol. The highest BCUT2D eigenvalue weighted by Gasteiger charge is 2.21. The second kappa shape index (κ2) is 20.2. The summed E-state index contributed by atoms with van der Waals surface area (Å²) in [6, 6.07) is 25.8. The molecule has 3 aromatic carbocycles. The summed E-state index contributed by atoms with van der Waals surface area (Å²) in [5.41, 5.74) is 2.45. The molecule has 0 bridgehead atoms. The standard InChI is InChI=1S/C32H38N6O8/c39-28(33-16-18-35-30(41)44-22-25-10-4-1-5-11-25)38(21-20-37-32(43)46-24-27-14-8-3-9-15-27)29(40)34-17-19-36-31(42)45-23-26-12-6-2-7-13-26/h1-15H,16-24H2,(H,33,39)(H,34,40)(H,35,41)(H,36,42)(H,37,43). The van der Waals surface area contributed by atoms with E-state index >= 15 is 0 Å². The Morgan fingerprint density at radius 1 is 0.435 bits per heavy atom. The fraction of sp³-hybridized carbons (Fsp3) is 0.281. The molecule has 0 saturated heterocycles. The Morgan fingerprint density at radius 2 is 0.739 bits per heavy atom. The summed E-state index contributed by atoms with van der Waals surface area (Å²) in [7, 11) is 0. The molecule has 14 heteroatoms. The van der Waals surface area contributed by atoms with Gasteiger partial charge in [0.15, 0.2) is 0 Å². The minimum atomic E-state index is -0.772. The predicted molar refractivity (Wildman–Crippen MR) is 167 cm³/mol. The molecule has 0 radical (unpaired) electrons. The lowest BCUT2D eigenvalue weighted by molar-refractivity contribution is 0.138. The van der Waals surface area contributed by atoms with Gasteiger partial charge in [-0.3, -0.25) is 0 Å². The van der Waals surface area contributed by atoms with Crippen LogP contribution in [-0.2, 0) is 34.0 Å². The van der Waals surface area contributed by atoms with E-state index in [1.807, 2.05) is 78.9 Å². The topological polar surface area (TPSA) is 176 Å². The van der Waals surface area contributed by atoms with Gasteiger partial charge in [-0.1, -0.05) is 91.0 Å². The van der Waals surface area contributed by atoms with Gasteiger partial charge in [0.1, 0.15) is 19.8 Å². The van der Waals surface area contributed by atoms with Gasteiger partial charge in [-0.2, -0.15) is 0 Å². The molecule has 5 N–H and O–H groups in total. The van der Waals surface area contributed by atoms with Crippen LogP contribution in [0.2, 0.25) is 0 Å². The first kappa shape index (κ1) is 34.7. The Hall–Kier alpha value is -5.79. The van der Waals surface area contributed by atoms with Crippen LogP contribution < -0.4 is 26.6 Å². The minimum Gasteiger partial charge on any atom is -0.445 e. The number of ether oxygens (including phenoxy) is 3. The van der Waals surface area contributed by atoms with Crippen LogP contribution in [0.5, 0.6) is 0 Å². The van der Waals surface area contributed by atoms with Crippen LogP contribution in [0.4, 0.5) is 24.0 Å². The van der Waals surface area contributed by atoms with Gasteiger partial charge in [0.25, 0.3) is 0 Å². The minimum absolute atomic E-state index is 0.00952. The number of carbonyl (C=O) groups excluding carboxylic acids is 5. The van der Waals surface area contributed by atoms with E-state index in [1.54, 1.807) is 12.1 Å². The summed E-state index contributed by atoms with van der Waals surface area (Å²) < 4.78 is 15.4. The molecule has 0 spiro atoms.